The Bertz CT molecular complexity index is 728. The van der Waals surface area contributed by atoms with Gasteiger partial charge in [0.2, 0.25) is 0 Å². The summed E-state index contributed by atoms with van der Waals surface area (Å²) in [6.45, 7) is 1.89. The van der Waals surface area contributed by atoms with E-state index in [4.69, 9.17) is 4.74 Å². The van der Waals surface area contributed by atoms with Gasteiger partial charge in [0.15, 0.2) is 0 Å². The Kier molecular flexibility index (Phi) is 3.71. The van der Waals surface area contributed by atoms with Crippen molar-refractivity contribution >= 4 is 11.4 Å². The average Bonchev–Trinajstić information content (AvgIpc) is 2.92. The number of ether oxygens (including phenoxy) is 1. The molecule has 0 aromatic heterocycles. The molecule has 2 aromatic rings. The lowest BCUT2D eigenvalue weighted by Crippen LogP contribution is -2.10. The maximum absolute atomic E-state index is 11.2. The minimum atomic E-state index is -0.337. The molecule has 0 aliphatic heterocycles. The van der Waals surface area contributed by atoms with E-state index in [2.05, 4.69) is 11.4 Å². The van der Waals surface area contributed by atoms with Gasteiger partial charge in [-0.05, 0) is 42.5 Å². The molecule has 0 saturated heterocycles. The first-order valence-corrected chi connectivity index (χ1v) is 7.28. The van der Waals surface area contributed by atoms with E-state index in [1.54, 1.807) is 13.2 Å². The van der Waals surface area contributed by atoms with Crippen molar-refractivity contribution in [1.82, 2.24) is 0 Å². The molecule has 0 amide bonds. The third-order valence-electron chi connectivity index (χ3n) is 4.21. The van der Waals surface area contributed by atoms with Crippen LogP contribution in [0.1, 0.15) is 29.2 Å². The highest BCUT2D eigenvalue weighted by Crippen LogP contribution is 2.40. The molecule has 114 valence electrons. The Morgan fingerprint density at radius 1 is 1.27 bits per heavy atom. The van der Waals surface area contributed by atoms with Crippen molar-refractivity contribution in [2.45, 2.75) is 25.8 Å². The van der Waals surface area contributed by atoms with E-state index < -0.39 is 0 Å². The third kappa shape index (κ3) is 2.39. The first-order valence-electron chi connectivity index (χ1n) is 7.28. The highest BCUT2D eigenvalue weighted by atomic mass is 16.6. The number of nitro benzene ring substituents is 1. The molecule has 1 N–H and O–H groups in total. The Labute approximate surface area is 129 Å². The van der Waals surface area contributed by atoms with Crippen LogP contribution in [0.4, 0.5) is 11.4 Å². The number of anilines is 1. The Morgan fingerprint density at radius 3 is 2.77 bits per heavy atom. The van der Waals surface area contributed by atoms with Crippen LogP contribution >= 0.6 is 0 Å². The fraction of sp³-hybridized carbons (Fsp3) is 0.294. The maximum atomic E-state index is 11.2. The molecule has 0 bridgehead atoms. The number of hydrogen-bond acceptors (Lipinski definition) is 4. The van der Waals surface area contributed by atoms with Crippen molar-refractivity contribution < 1.29 is 9.66 Å². The van der Waals surface area contributed by atoms with Crippen LogP contribution in [-0.2, 0) is 6.42 Å². The Hall–Kier alpha value is -2.56. The number of benzene rings is 2. The van der Waals surface area contributed by atoms with E-state index in [1.807, 2.05) is 25.1 Å². The van der Waals surface area contributed by atoms with Gasteiger partial charge in [-0.15, -0.1) is 0 Å². The van der Waals surface area contributed by atoms with E-state index in [1.165, 1.54) is 11.6 Å². The highest BCUT2D eigenvalue weighted by Gasteiger charge is 2.27. The average molecular weight is 298 g/mol. The van der Waals surface area contributed by atoms with Gasteiger partial charge >= 0.3 is 0 Å². The molecule has 1 unspecified atom stereocenters. The van der Waals surface area contributed by atoms with Gasteiger partial charge in [-0.1, -0.05) is 24.3 Å². The summed E-state index contributed by atoms with van der Waals surface area (Å²) in [6.07, 6.45) is 1.82. The number of para-hydroxylation sites is 1. The Morgan fingerprint density at radius 2 is 2.05 bits per heavy atom. The topological polar surface area (TPSA) is 64.4 Å². The highest BCUT2D eigenvalue weighted by molar-refractivity contribution is 5.67. The van der Waals surface area contributed by atoms with Crippen LogP contribution in [0.5, 0.6) is 5.75 Å². The van der Waals surface area contributed by atoms with Gasteiger partial charge in [0.1, 0.15) is 11.4 Å². The summed E-state index contributed by atoms with van der Waals surface area (Å²) in [6, 6.07) is 11.2. The normalized spacial score (nSPS) is 16.2. The van der Waals surface area contributed by atoms with Gasteiger partial charge in [0, 0.05) is 6.07 Å². The molecule has 22 heavy (non-hydrogen) atoms. The first kappa shape index (κ1) is 14.4. The number of methoxy groups -OCH3 is 1. The zero-order chi connectivity index (χ0) is 15.7. The zero-order valence-corrected chi connectivity index (χ0v) is 12.6. The summed E-state index contributed by atoms with van der Waals surface area (Å²) < 4.78 is 5.41. The molecular weight excluding hydrogens is 280 g/mol. The van der Waals surface area contributed by atoms with E-state index in [-0.39, 0.29) is 16.7 Å². The molecule has 5 heteroatoms. The van der Waals surface area contributed by atoms with Crippen LogP contribution in [0.25, 0.3) is 0 Å². The van der Waals surface area contributed by atoms with Gasteiger partial charge in [-0.3, -0.25) is 10.1 Å². The fourth-order valence-corrected chi connectivity index (χ4v) is 3.13. The van der Waals surface area contributed by atoms with Crippen LogP contribution in [0.3, 0.4) is 0 Å². The van der Waals surface area contributed by atoms with Gasteiger partial charge in [0.05, 0.1) is 18.1 Å². The van der Waals surface area contributed by atoms with Crippen LogP contribution in [-0.4, -0.2) is 12.0 Å². The fourth-order valence-electron chi connectivity index (χ4n) is 3.13. The van der Waals surface area contributed by atoms with Crippen molar-refractivity contribution in [3.05, 3.63) is 63.2 Å². The van der Waals surface area contributed by atoms with Gasteiger partial charge in [-0.25, -0.2) is 0 Å². The number of hydrogen-bond donors (Lipinski definition) is 1. The molecule has 1 aliphatic rings. The van der Waals surface area contributed by atoms with Crippen LogP contribution in [0.2, 0.25) is 0 Å². The second kappa shape index (κ2) is 5.67. The molecule has 1 atom stereocenters. The first-order chi connectivity index (χ1) is 10.6. The molecule has 2 aromatic carbocycles. The quantitative estimate of drug-likeness (QED) is 0.684. The van der Waals surface area contributed by atoms with Crippen molar-refractivity contribution in [2.24, 2.45) is 0 Å². The van der Waals surface area contributed by atoms with E-state index >= 15 is 0 Å². The maximum Gasteiger partial charge on any atom is 0.292 e. The molecule has 0 fully saturated rings. The molecule has 0 saturated carbocycles. The minimum Gasteiger partial charge on any atom is -0.496 e. The van der Waals surface area contributed by atoms with E-state index in [9.17, 15) is 10.1 Å². The number of nitrogens with zero attached hydrogens (tertiary/aromatic N) is 1. The summed E-state index contributed by atoms with van der Waals surface area (Å²) in [5.74, 6) is 0.890. The SMILES string of the molecule is COc1cccc2c1CCC2Nc1c(C)cccc1[N+](=O)[O-]. The standard InChI is InChI=1S/C17H18N2O3/c1-11-5-3-7-15(19(20)21)17(11)18-14-10-9-13-12(14)6-4-8-16(13)22-2/h3-8,14,18H,9-10H2,1-2H3. The summed E-state index contributed by atoms with van der Waals surface area (Å²) in [7, 11) is 1.67. The summed E-state index contributed by atoms with van der Waals surface area (Å²) >= 11 is 0. The van der Waals surface area contributed by atoms with Crippen LogP contribution < -0.4 is 10.1 Å². The zero-order valence-electron chi connectivity index (χ0n) is 12.6. The van der Waals surface area contributed by atoms with Crippen molar-refractivity contribution in [2.75, 3.05) is 12.4 Å². The monoisotopic (exact) mass is 298 g/mol. The van der Waals surface area contributed by atoms with Crippen LogP contribution in [0, 0.1) is 17.0 Å². The molecular formula is C17H18N2O3. The number of rotatable bonds is 4. The molecule has 0 spiro atoms. The molecule has 0 radical (unpaired) electrons. The second-order valence-electron chi connectivity index (χ2n) is 5.49. The molecule has 1 aliphatic carbocycles. The largest absolute Gasteiger partial charge is 0.496 e. The van der Waals surface area contributed by atoms with E-state index in [0.29, 0.717) is 5.69 Å². The number of nitro groups is 1. The number of aryl methyl sites for hydroxylation is 1. The van der Waals surface area contributed by atoms with Gasteiger partial charge in [-0.2, -0.15) is 0 Å². The number of nitrogens with one attached hydrogen (secondary N) is 1. The van der Waals surface area contributed by atoms with Crippen molar-refractivity contribution in [3.63, 3.8) is 0 Å². The molecule has 3 rings (SSSR count). The van der Waals surface area contributed by atoms with Crippen LogP contribution in [0.15, 0.2) is 36.4 Å². The minimum absolute atomic E-state index is 0.0740. The second-order valence-corrected chi connectivity index (χ2v) is 5.49. The summed E-state index contributed by atoms with van der Waals surface area (Å²) in [5, 5.41) is 14.6. The summed E-state index contributed by atoms with van der Waals surface area (Å²) in [5.41, 5.74) is 3.96. The molecule has 5 nitrogen and oxygen atoms in total. The van der Waals surface area contributed by atoms with Gasteiger partial charge in [0.25, 0.3) is 5.69 Å². The number of fused-ring (bicyclic) bond motifs is 1. The van der Waals surface area contributed by atoms with E-state index in [0.717, 1.165) is 29.7 Å². The summed E-state index contributed by atoms with van der Waals surface area (Å²) in [4.78, 5) is 10.9. The lowest BCUT2D eigenvalue weighted by atomic mass is 10.1. The smallest absolute Gasteiger partial charge is 0.292 e. The molecule has 0 heterocycles. The predicted octanol–water partition coefficient (Wildman–Crippen LogP) is 4.01. The Balaban J connectivity index is 1.96. The third-order valence-corrected chi connectivity index (χ3v) is 4.21. The predicted molar refractivity (Wildman–Crippen MR) is 85.5 cm³/mol. The van der Waals surface area contributed by atoms with Gasteiger partial charge < -0.3 is 10.1 Å². The van der Waals surface area contributed by atoms with Crippen molar-refractivity contribution in [1.29, 1.82) is 0 Å². The van der Waals surface area contributed by atoms with Crippen molar-refractivity contribution in [3.8, 4) is 5.75 Å². The lowest BCUT2D eigenvalue weighted by molar-refractivity contribution is -0.384. The lowest BCUT2D eigenvalue weighted by Gasteiger charge is -2.17.